The molecule has 2 aliphatic carbocycles. The zero-order chi connectivity index (χ0) is 17.4. The maximum Gasteiger partial charge on any atom is 0.226 e. The summed E-state index contributed by atoms with van der Waals surface area (Å²) in [6.07, 6.45) is 5.61. The van der Waals surface area contributed by atoms with E-state index in [9.17, 15) is 9.18 Å². The fraction of sp³-hybridized carbons (Fsp3) is 0.632. The van der Waals surface area contributed by atoms with E-state index in [-0.39, 0.29) is 48.2 Å². The highest BCUT2D eigenvalue weighted by molar-refractivity contribution is 5.85. The number of amides is 1. The molecule has 1 amide bonds. The van der Waals surface area contributed by atoms with Crippen LogP contribution in [-0.2, 0) is 4.79 Å². The molecule has 0 aromatic heterocycles. The highest BCUT2D eigenvalue weighted by Crippen LogP contribution is 2.40. The van der Waals surface area contributed by atoms with Crippen LogP contribution in [0.2, 0.25) is 0 Å². The first-order valence-corrected chi connectivity index (χ1v) is 9.41. The molecule has 1 aromatic rings. The van der Waals surface area contributed by atoms with Gasteiger partial charge in [-0.05, 0) is 55.2 Å². The van der Waals surface area contributed by atoms with Gasteiger partial charge in [-0.1, -0.05) is 18.6 Å². The highest BCUT2D eigenvalue weighted by Gasteiger charge is 2.42. The van der Waals surface area contributed by atoms with Crippen LogP contribution in [0.15, 0.2) is 24.3 Å². The normalized spacial score (nSPS) is 36.2. The highest BCUT2D eigenvalue weighted by atomic mass is 35.5. The Morgan fingerprint density at radius 2 is 1.81 bits per heavy atom. The van der Waals surface area contributed by atoms with Gasteiger partial charge in [0.1, 0.15) is 5.82 Å². The molecule has 26 heavy (non-hydrogen) atoms. The number of hydrogen-bond acceptors (Lipinski definition) is 4. The smallest absolute Gasteiger partial charge is 0.226 e. The molecule has 0 spiro atoms. The van der Waals surface area contributed by atoms with Crippen LogP contribution in [0.4, 0.5) is 4.39 Å². The molecule has 1 aliphatic heterocycles. The number of rotatable bonds is 3. The standard InChI is InChI=1S/C19H27FN4O.ClH/c20-14-6-4-11(5-7-14)18-16(10-22-24-18)19(25)23-17-12-2-1-3-13(17)9-15(21)8-12;/h4-7,12-13,15-18,22,24H,1-3,8-10,21H2,(H,23,25);1H. The minimum Gasteiger partial charge on any atom is -0.352 e. The zero-order valence-electron chi connectivity index (χ0n) is 14.8. The van der Waals surface area contributed by atoms with Crippen LogP contribution in [0.25, 0.3) is 0 Å². The molecule has 1 aromatic carbocycles. The summed E-state index contributed by atoms with van der Waals surface area (Å²) in [6, 6.07) is 6.78. The van der Waals surface area contributed by atoms with Crippen molar-refractivity contribution in [2.75, 3.05) is 6.54 Å². The lowest BCUT2D eigenvalue weighted by Gasteiger charge is -2.45. The number of hydrogen-bond donors (Lipinski definition) is 4. The molecule has 0 radical (unpaired) electrons. The molecular formula is C19H28ClFN4O. The van der Waals surface area contributed by atoms with E-state index in [1.807, 2.05) is 0 Å². The van der Waals surface area contributed by atoms with Gasteiger partial charge in [0.15, 0.2) is 0 Å². The van der Waals surface area contributed by atoms with E-state index in [2.05, 4.69) is 16.2 Å². The van der Waals surface area contributed by atoms with Crippen LogP contribution in [0.3, 0.4) is 0 Å². The molecule has 1 heterocycles. The third-order valence-corrected chi connectivity index (χ3v) is 6.23. The van der Waals surface area contributed by atoms with Gasteiger partial charge in [0.05, 0.1) is 12.0 Å². The van der Waals surface area contributed by atoms with Gasteiger partial charge in [0.25, 0.3) is 0 Å². The van der Waals surface area contributed by atoms with Crippen molar-refractivity contribution >= 4 is 18.3 Å². The maximum atomic E-state index is 13.2. The lowest BCUT2D eigenvalue weighted by molar-refractivity contribution is -0.127. The Morgan fingerprint density at radius 1 is 1.15 bits per heavy atom. The topological polar surface area (TPSA) is 79.2 Å². The summed E-state index contributed by atoms with van der Waals surface area (Å²) in [4.78, 5) is 13.0. The van der Waals surface area contributed by atoms with Crippen molar-refractivity contribution < 1.29 is 9.18 Å². The number of nitrogens with one attached hydrogen (secondary N) is 3. The van der Waals surface area contributed by atoms with E-state index in [0.717, 1.165) is 31.2 Å². The van der Waals surface area contributed by atoms with E-state index in [4.69, 9.17) is 5.73 Å². The average molecular weight is 383 g/mol. The third kappa shape index (κ3) is 3.88. The van der Waals surface area contributed by atoms with Crippen LogP contribution >= 0.6 is 12.4 Å². The van der Waals surface area contributed by atoms with Crippen LogP contribution in [-0.4, -0.2) is 24.5 Å². The first-order chi connectivity index (χ1) is 12.1. The summed E-state index contributed by atoms with van der Waals surface area (Å²) in [5.41, 5.74) is 13.4. The molecule has 1 saturated heterocycles. The Kier molecular flexibility index (Phi) is 6.17. The minimum atomic E-state index is -0.262. The summed E-state index contributed by atoms with van der Waals surface area (Å²) >= 11 is 0. The summed E-state index contributed by atoms with van der Waals surface area (Å²) in [6.45, 7) is 0.579. The maximum absolute atomic E-state index is 13.2. The molecule has 2 bridgehead atoms. The van der Waals surface area contributed by atoms with Gasteiger partial charge in [-0.15, -0.1) is 12.4 Å². The third-order valence-electron chi connectivity index (χ3n) is 6.23. The van der Waals surface area contributed by atoms with Crippen molar-refractivity contribution in [1.29, 1.82) is 0 Å². The van der Waals surface area contributed by atoms with Crippen LogP contribution in [0.5, 0.6) is 0 Å². The fourth-order valence-electron chi connectivity index (χ4n) is 5.02. The number of halogens is 2. The number of carbonyl (C=O) groups is 1. The predicted octanol–water partition coefficient (Wildman–Crippen LogP) is 2.03. The number of nitrogens with two attached hydrogens (primary N) is 1. The monoisotopic (exact) mass is 382 g/mol. The van der Waals surface area contributed by atoms with Crippen LogP contribution in [0.1, 0.15) is 43.7 Å². The molecule has 144 valence electrons. The van der Waals surface area contributed by atoms with Crippen molar-refractivity contribution in [2.24, 2.45) is 23.5 Å². The van der Waals surface area contributed by atoms with Gasteiger partial charge in [-0.25, -0.2) is 9.82 Å². The first kappa shape index (κ1) is 19.5. The van der Waals surface area contributed by atoms with E-state index in [0.29, 0.717) is 18.4 Å². The number of carbonyl (C=O) groups excluding carboxylic acids is 1. The van der Waals surface area contributed by atoms with Gasteiger partial charge >= 0.3 is 0 Å². The summed E-state index contributed by atoms with van der Waals surface area (Å²) < 4.78 is 13.2. The number of benzene rings is 1. The molecule has 7 heteroatoms. The van der Waals surface area contributed by atoms with E-state index >= 15 is 0 Å². The van der Waals surface area contributed by atoms with Crippen LogP contribution in [0, 0.1) is 23.6 Å². The Hall–Kier alpha value is -1.21. The lowest BCUT2D eigenvalue weighted by atomic mass is 9.67. The fourth-order valence-corrected chi connectivity index (χ4v) is 5.02. The van der Waals surface area contributed by atoms with E-state index in [1.54, 1.807) is 12.1 Å². The van der Waals surface area contributed by atoms with Gasteiger partial charge in [0, 0.05) is 18.6 Å². The molecule has 3 fully saturated rings. The average Bonchev–Trinajstić information content (AvgIpc) is 3.06. The van der Waals surface area contributed by atoms with Crippen molar-refractivity contribution in [3.05, 3.63) is 35.6 Å². The van der Waals surface area contributed by atoms with Gasteiger partial charge in [-0.2, -0.15) is 0 Å². The lowest BCUT2D eigenvalue weighted by Crippen LogP contribution is -2.55. The molecule has 4 unspecified atom stereocenters. The summed E-state index contributed by atoms with van der Waals surface area (Å²) in [7, 11) is 0. The molecular weight excluding hydrogens is 355 g/mol. The number of hydrazine groups is 1. The SMILES string of the molecule is Cl.NC1CC2CCCC(C1)C2NC(=O)C1CNNC1c1ccc(F)cc1. The van der Waals surface area contributed by atoms with Gasteiger partial charge in [-0.3, -0.25) is 10.2 Å². The second kappa shape index (κ2) is 8.21. The number of fused-ring (bicyclic) bond motifs is 2. The quantitative estimate of drug-likeness (QED) is 0.645. The van der Waals surface area contributed by atoms with E-state index in [1.165, 1.54) is 18.6 Å². The van der Waals surface area contributed by atoms with Crippen molar-refractivity contribution in [3.8, 4) is 0 Å². The molecule has 5 N–H and O–H groups in total. The molecule has 2 saturated carbocycles. The van der Waals surface area contributed by atoms with Crippen molar-refractivity contribution in [3.63, 3.8) is 0 Å². The second-order valence-electron chi connectivity index (χ2n) is 7.88. The Morgan fingerprint density at radius 3 is 2.46 bits per heavy atom. The van der Waals surface area contributed by atoms with Crippen molar-refractivity contribution in [2.45, 2.75) is 50.2 Å². The Bertz CT molecular complexity index is 614. The molecule has 4 atom stereocenters. The zero-order valence-corrected chi connectivity index (χ0v) is 15.6. The minimum absolute atomic E-state index is 0. The molecule has 4 rings (SSSR count). The molecule has 5 nitrogen and oxygen atoms in total. The van der Waals surface area contributed by atoms with Gasteiger partial charge < -0.3 is 11.1 Å². The Labute approximate surface area is 160 Å². The largest absolute Gasteiger partial charge is 0.352 e. The predicted molar refractivity (Wildman–Crippen MR) is 101 cm³/mol. The van der Waals surface area contributed by atoms with Gasteiger partial charge in [0.2, 0.25) is 5.91 Å². The van der Waals surface area contributed by atoms with Crippen molar-refractivity contribution in [1.82, 2.24) is 16.2 Å². The first-order valence-electron chi connectivity index (χ1n) is 9.41. The summed E-state index contributed by atoms with van der Waals surface area (Å²) in [5.74, 6) is 0.657. The molecule has 3 aliphatic rings. The summed E-state index contributed by atoms with van der Waals surface area (Å²) in [5, 5.41) is 3.35. The second-order valence-corrected chi connectivity index (χ2v) is 7.88. The van der Waals surface area contributed by atoms with Crippen LogP contribution < -0.4 is 21.9 Å². The van der Waals surface area contributed by atoms with E-state index < -0.39 is 0 Å². The Balaban J connectivity index is 0.00000196.